The van der Waals surface area contributed by atoms with Crippen molar-refractivity contribution in [3.05, 3.63) is 82.9 Å². The van der Waals surface area contributed by atoms with Crippen molar-refractivity contribution >= 4 is 17.9 Å². The zero-order chi connectivity index (χ0) is 31.1. The fourth-order valence-corrected chi connectivity index (χ4v) is 5.31. The third-order valence-electron chi connectivity index (χ3n) is 7.69. The molecule has 43 heavy (non-hydrogen) atoms. The Morgan fingerprint density at radius 2 is 1.91 bits per heavy atom. The van der Waals surface area contributed by atoms with Crippen molar-refractivity contribution in [1.29, 1.82) is 5.26 Å². The van der Waals surface area contributed by atoms with Crippen LogP contribution in [-0.2, 0) is 32.9 Å². The average Bonchev–Trinajstić information content (AvgIpc) is 3.47. The third kappa shape index (κ3) is 5.36. The summed E-state index contributed by atoms with van der Waals surface area (Å²) in [6, 6.07) is 11.0. The van der Waals surface area contributed by atoms with Crippen LogP contribution in [0.4, 0.5) is 22.4 Å². The Kier molecular flexibility index (Phi) is 7.56. The van der Waals surface area contributed by atoms with Gasteiger partial charge >= 0.3 is 12.3 Å². The monoisotopic (exact) mass is 596 g/mol. The normalized spacial score (nSPS) is 18.3. The lowest BCUT2D eigenvalue weighted by Crippen LogP contribution is -2.51. The van der Waals surface area contributed by atoms with Crippen LogP contribution < -0.4 is 4.74 Å². The molecule has 3 aromatic rings. The van der Waals surface area contributed by atoms with Crippen molar-refractivity contribution in [3.8, 4) is 22.9 Å². The smallest absolute Gasteiger partial charge is 0.418 e. The highest BCUT2D eigenvalue weighted by Crippen LogP contribution is 2.46. The molecule has 1 aliphatic carbocycles. The number of aryl methyl sites for hydroxylation is 1. The number of methoxy groups -OCH3 is 1. The highest BCUT2D eigenvalue weighted by atomic mass is 19.4. The number of rotatable bonds is 7. The molecule has 2 heterocycles. The molecule has 2 atom stereocenters. The van der Waals surface area contributed by atoms with Crippen LogP contribution in [-0.4, -0.2) is 58.6 Å². The van der Waals surface area contributed by atoms with Gasteiger partial charge in [-0.15, -0.1) is 0 Å². The lowest BCUT2D eigenvalue weighted by atomic mass is 9.93. The molecule has 0 unspecified atom stereocenters. The number of aromatic nitrogens is 1. The van der Waals surface area contributed by atoms with Crippen LogP contribution >= 0.6 is 0 Å². The van der Waals surface area contributed by atoms with Crippen molar-refractivity contribution in [2.75, 3.05) is 13.7 Å². The summed E-state index contributed by atoms with van der Waals surface area (Å²) in [7, 11) is 1.41. The number of hydrogen-bond donors (Lipinski definition) is 0. The number of halogens is 4. The molecule has 3 amide bonds. The van der Waals surface area contributed by atoms with Gasteiger partial charge in [-0.05, 0) is 48.2 Å². The molecule has 0 bridgehead atoms. The van der Waals surface area contributed by atoms with E-state index >= 15 is 0 Å². The molecule has 13 heteroatoms. The molecule has 0 radical (unpaired) electrons. The highest BCUT2D eigenvalue weighted by Gasteiger charge is 2.58. The minimum absolute atomic E-state index is 0.0776. The number of fused-ring (bicyclic) bond motifs is 2. The van der Waals surface area contributed by atoms with Crippen molar-refractivity contribution < 1.29 is 41.4 Å². The zero-order valence-corrected chi connectivity index (χ0v) is 22.9. The average molecular weight is 597 g/mol. The molecule has 1 fully saturated rings. The van der Waals surface area contributed by atoms with E-state index in [9.17, 15) is 37.2 Å². The number of carbonyl (C=O) groups excluding carboxylic acids is 3. The number of nitrogens with zero attached hydrogens (tertiary/aromatic N) is 4. The van der Waals surface area contributed by atoms with Gasteiger partial charge in [0, 0.05) is 30.3 Å². The highest BCUT2D eigenvalue weighted by molar-refractivity contribution is 6.06. The second kappa shape index (κ2) is 11.0. The van der Waals surface area contributed by atoms with Crippen LogP contribution in [0.15, 0.2) is 54.7 Å². The lowest BCUT2D eigenvalue weighted by molar-refractivity contribution is -0.187. The van der Waals surface area contributed by atoms with E-state index in [0.717, 1.165) is 19.1 Å². The van der Waals surface area contributed by atoms with Crippen molar-refractivity contribution in [3.63, 3.8) is 0 Å². The van der Waals surface area contributed by atoms with Crippen molar-refractivity contribution in [2.24, 2.45) is 0 Å². The molecule has 1 saturated heterocycles. The zero-order valence-electron chi connectivity index (χ0n) is 22.9. The maximum atomic E-state index is 13.7. The maximum absolute atomic E-state index is 13.7. The fourth-order valence-electron chi connectivity index (χ4n) is 5.31. The molecule has 222 valence electrons. The molecule has 1 spiro atoms. The molecule has 0 N–H and O–H groups in total. The Morgan fingerprint density at radius 1 is 1.19 bits per heavy atom. The van der Waals surface area contributed by atoms with Crippen LogP contribution in [0.5, 0.6) is 5.75 Å². The summed E-state index contributed by atoms with van der Waals surface area (Å²) in [5, 5.41) is 9.19. The Balaban J connectivity index is 1.39. The lowest BCUT2D eigenvalue weighted by Gasteiger charge is -2.31. The van der Waals surface area contributed by atoms with E-state index in [1.165, 1.54) is 25.4 Å². The minimum atomic E-state index is -4.80. The minimum Gasteiger partial charge on any atom is -0.494 e. The molecule has 2 aromatic carbocycles. The first-order valence-electron chi connectivity index (χ1n) is 13.1. The van der Waals surface area contributed by atoms with Crippen LogP contribution in [0.3, 0.4) is 0 Å². The van der Waals surface area contributed by atoms with Crippen molar-refractivity contribution in [1.82, 2.24) is 14.8 Å². The standard InChI is InChI=1S/C30H24F4N4O5/c1-17(30(32,33)34)37(15-18-3-6-22(31)7-4-18)26(39)16-38-27(40)29(43-28(38)41)10-9-20-11-19(5-8-23(20)29)21-12-25(42-2)24(13-35)36-14-21/h3-8,11-12,14,17H,9-10,15-16H2,1-2H3/t17-,29+/m0/s1. The predicted molar refractivity (Wildman–Crippen MR) is 142 cm³/mol. The summed E-state index contributed by atoms with van der Waals surface area (Å²) >= 11 is 0. The number of alkyl halides is 3. The van der Waals surface area contributed by atoms with Gasteiger partial charge in [-0.1, -0.05) is 30.3 Å². The Bertz CT molecular complexity index is 1650. The van der Waals surface area contributed by atoms with Gasteiger partial charge in [0.25, 0.3) is 5.91 Å². The van der Waals surface area contributed by atoms with E-state index in [4.69, 9.17) is 9.47 Å². The number of imide groups is 1. The van der Waals surface area contributed by atoms with Gasteiger partial charge in [0.05, 0.1) is 7.11 Å². The first-order chi connectivity index (χ1) is 20.4. The van der Waals surface area contributed by atoms with Gasteiger partial charge in [-0.2, -0.15) is 18.4 Å². The SMILES string of the molecule is COc1cc(-c2ccc3c(c2)CC[C@@]32OC(=O)N(CC(=O)N(Cc3ccc(F)cc3)[C@@H](C)C(F)(F)F)C2=O)cnc1C#N. The predicted octanol–water partition coefficient (Wildman–Crippen LogP) is 4.87. The van der Waals surface area contributed by atoms with E-state index < -0.39 is 54.6 Å². The number of benzene rings is 2. The molecule has 5 rings (SSSR count). The van der Waals surface area contributed by atoms with E-state index in [2.05, 4.69) is 4.98 Å². The number of hydrogen-bond acceptors (Lipinski definition) is 7. The Labute approximate surface area is 243 Å². The summed E-state index contributed by atoms with van der Waals surface area (Å²) in [5.74, 6) is -2.29. The third-order valence-corrected chi connectivity index (χ3v) is 7.69. The van der Waals surface area contributed by atoms with Crippen LogP contribution in [0, 0.1) is 17.1 Å². The van der Waals surface area contributed by atoms with E-state index in [1.807, 2.05) is 6.07 Å². The molecule has 0 saturated carbocycles. The van der Waals surface area contributed by atoms with Gasteiger partial charge in [-0.25, -0.2) is 19.1 Å². The second-order valence-electron chi connectivity index (χ2n) is 10.2. The van der Waals surface area contributed by atoms with Gasteiger partial charge in [0.2, 0.25) is 11.5 Å². The summed E-state index contributed by atoms with van der Waals surface area (Å²) in [6.07, 6.45) is -4.02. The quantitative estimate of drug-likeness (QED) is 0.358. The first kappa shape index (κ1) is 29.5. The fraction of sp³-hybridized carbons (Fsp3) is 0.300. The largest absolute Gasteiger partial charge is 0.494 e. The van der Waals surface area contributed by atoms with Gasteiger partial charge in [0.15, 0.2) is 11.4 Å². The van der Waals surface area contributed by atoms with E-state index in [1.54, 1.807) is 24.3 Å². The van der Waals surface area contributed by atoms with Gasteiger partial charge in [-0.3, -0.25) is 9.59 Å². The van der Waals surface area contributed by atoms with Crippen molar-refractivity contribution in [2.45, 2.75) is 44.1 Å². The summed E-state index contributed by atoms with van der Waals surface area (Å²) in [4.78, 5) is 44.9. The van der Waals surface area contributed by atoms with Crippen LogP contribution in [0.1, 0.15) is 35.7 Å². The number of pyridine rings is 1. The van der Waals surface area contributed by atoms with Crippen LogP contribution in [0.25, 0.3) is 11.1 Å². The van der Waals surface area contributed by atoms with E-state index in [-0.39, 0.29) is 23.4 Å². The summed E-state index contributed by atoms with van der Waals surface area (Å²) in [6.45, 7) is -0.704. The Morgan fingerprint density at radius 3 is 2.56 bits per heavy atom. The topological polar surface area (TPSA) is 113 Å². The van der Waals surface area contributed by atoms with E-state index in [0.29, 0.717) is 38.5 Å². The molecular formula is C30H24F4N4O5. The maximum Gasteiger partial charge on any atom is 0.418 e. The van der Waals surface area contributed by atoms with Gasteiger partial charge in [0.1, 0.15) is 24.5 Å². The summed E-state index contributed by atoms with van der Waals surface area (Å²) in [5.41, 5.74) is 1.07. The first-order valence-corrected chi connectivity index (χ1v) is 13.1. The molecule has 2 aliphatic rings. The molecule has 1 aliphatic heterocycles. The number of amides is 3. The second-order valence-corrected chi connectivity index (χ2v) is 10.2. The number of ether oxygens (including phenoxy) is 2. The molecular weight excluding hydrogens is 572 g/mol. The summed E-state index contributed by atoms with van der Waals surface area (Å²) < 4.78 is 65.2. The number of nitriles is 1. The number of carbonyl (C=O) groups is 3. The Hall–Kier alpha value is -4.99. The molecule has 1 aromatic heterocycles. The molecule has 9 nitrogen and oxygen atoms in total. The van der Waals surface area contributed by atoms with Gasteiger partial charge < -0.3 is 14.4 Å². The van der Waals surface area contributed by atoms with Crippen LogP contribution in [0.2, 0.25) is 0 Å².